The maximum Gasteiger partial charge on any atom is 0.230 e. The second-order valence-corrected chi connectivity index (χ2v) is 6.85. The number of hydrogen-bond acceptors (Lipinski definition) is 5. The molecular weight excluding hydrogens is 309 g/mol. The summed E-state index contributed by atoms with van der Waals surface area (Å²) >= 11 is 2.80. The molecule has 1 amide bonds. The van der Waals surface area contributed by atoms with Crippen LogP contribution in [0.5, 0.6) is 0 Å². The van der Waals surface area contributed by atoms with Crippen LogP contribution in [0.15, 0.2) is 22.4 Å². The SMILES string of the molecule is Cc1cc(CNC(=O)CSc2sc(N)nc2C)ccc1F. The first kappa shape index (κ1) is 15.8. The summed E-state index contributed by atoms with van der Waals surface area (Å²) in [5.41, 5.74) is 7.92. The van der Waals surface area contributed by atoms with Gasteiger partial charge in [-0.1, -0.05) is 23.5 Å². The molecule has 112 valence electrons. The second-order valence-electron chi connectivity index (χ2n) is 4.57. The van der Waals surface area contributed by atoms with Crippen LogP contribution in [0.2, 0.25) is 0 Å². The van der Waals surface area contributed by atoms with Gasteiger partial charge in [-0.3, -0.25) is 4.79 Å². The monoisotopic (exact) mass is 325 g/mol. The van der Waals surface area contributed by atoms with Gasteiger partial charge in [-0.2, -0.15) is 0 Å². The number of rotatable bonds is 5. The first-order valence-electron chi connectivity index (χ1n) is 6.33. The van der Waals surface area contributed by atoms with Gasteiger partial charge in [-0.25, -0.2) is 9.37 Å². The standard InChI is InChI=1S/C14H16FN3OS2/c1-8-5-10(3-4-11(8)15)6-17-12(19)7-20-13-9(2)18-14(16)21-13/h3-5H,6-7H2,1-2H3,(H2,16,18)(H,17,19). The number of thioether (sulfide) groups is 1. The zero-order valence-electron chi connectivity index (χ0n) is 11.8. The van der Waals surface area contributed by atoms with E-state index in [-0.39, 0.29) is 11.7 Å². The largest absolute Gasteiger partial charge is 0.375 e. The van der Waals surface area contributed by atoms with Crippen molar-refractivity contribution in [2.24, 2.45) is 0 Å². The van der Waals surface area contributed by atoms with Gasteiger partial charge in [-0.15, -0.1) is 11.8 Å². The van der Waals surface area contributed by atoms with E-state index in [1.165, 1.54) is 29.2 Å². The zero-order chi connectivity index (χ0) is 15.4. The summed E-state index contributed by atoms with van der Waals surface area (Å²) in [4.78, 5) is 15.9. The van der Waals surface area contributed by atoms with Gasteiger partial charge in [0.1, 0.15) is 5.82 Å². The third-order valence-electron chi connectivity index (χ3n) is 2.82. The fourth-order valence-electron chi connectivity index (χ4n) is 1.74. The van der Waals surface area contributed by atoms with Crippen molar-refractivity contribution in [3.63, 3.8) is 0 Å². The first-order chi connectivity index (χ1) is 9.95. The summed E-state index contributed by atoms with van der Waals surface area (Å²) < 4.78 is 14.1. The van der Waals surface area contributed by atoms with Gasteiger partial charge in [-0.05, 0) is 31.0 Å². The van der Waals surface area contributed by atoms with E-state index in [2.05, 4.69) is 10.3 Å². The van der Waals surface area contributed by atoms with Crippen LogP contribution in [-0.4, -0.2) is 16.6 Å². The van der Waals surface area contributed by atoms with Gasteiger partial charge < -0.3 is 11.1 Å². The van der Waals surface area contributed by atoms with E-state index >= 15 is 0 Å². The Kier molecular flexibility index (Phi) is 5.19. The van der Waals surface area contributed by atoms with Gasteiger partial charge in [0.25, 0.3) is 0 Å². The molecule has 0 bridgehead atoms. The molecule has 2 aromatic rings. The number of benzene rings is 1. The first-order valence-corrected chi connectivity index (χ1v) is 8.13. The maximum atomic E-state index is 13.1. The van der Waals surface area contributed by atoms with Gasteiger partial charge in [0.15, 0.2) is 5.13 Å². The predicted molar refractivity (Wildman–Crippen MR) is 85.0 cm³/mol. The van der Waals surface area contributed by atoms with Gasteiger partial charge in [0.05, 0.1) is 15.7 Å². The fourth-order valence-corrected chi connectivity index (χ4v) is 3.59. The van der Waals surface area contributed by atoms with Gasteiger partial charge >= 0.3 is 0 Å². The van der Waals surface area contributed by atoms with E-state index in [0.29, 0.717) is 23.0 Å². The highest BCUT2D eigenvalue weighted by Crippen LogP contribution is 2.30. The highest BCUT2D eigenvalue weighted by atomic mass is 32.2. The van der Waals surface area contributed by atoms with E-state index in [1.807, 2.05) is 6.92 Å². The molecule has 7 heteroatoms. The normalized spacial score (nSPS) is 10.6. The molecule has 0 aliphatic carbocycles. The molecule has 0 fully saturated rings. The molecule has 0 saturated carbocycles. The lowest BCUT2D eigenvalue weighted by molar-refractivity contribution is -0.118. The minimum absolute atomic E-state index is 0.0756. The molecule has 0 saturated heterocycles. The van der Waals surface area contributed by atoms with Gasteiger partial charge in [0, 0.05) is 6.54 Å². The molecule has 1 heterocycles. The lowest BCUT2D eigenvalue weighted by Crippen LogP contribution is -2.24. The van der Waals surface area contributed by atoms with Crippen molar-refractivity contribution in [3.8, 4) is 0 Å². The van der Waals surface area contributed by atoms with Crippen LogP contribution in [0, 0.1) is 19.7 Å². The molecule has 2 rings (SSSR count). The van der Waals surface area contributed by atoms with Crippen LogP contribution in [0.25, 0.3) is 0 Å². The third kappa shape index (κ3) is 4.44. The quantitative estimate of drug-likeness (QED) is 0.830. The molecule has 0 unspecified atom stereocenters. The lowest BCUT2D eigenvalue weighted by atomic mass is 10.1. The van der Waals surface area contributed by atoms with Crippen LogP contribution >= 0.6 is 23.1 Å². The van der Waals surface area contributed by atoms with Crippen LogP contribution in [-0.2, 0) is 11.3 Å². The number of carbonyl (C=O) groups is 1. The smallest absolute Gasteiger partial charge is 0.230 e. The molecule has 21 heavy (non-hydrogen) atoms. The molecule has 1 aromatic heterocycles. The van der Waals surface area contributed by atoms with Crippen LogP contribution in [0.4, 0.5) is 9.52 Å². The number of aromatic nitrogens is 1. The van der Waals surface area contributed by atoms with Crippen LogP contribution < -0.4 is 11.1 Å². The van der Waals surface area contributed by atoms with Crippen molar-refractivity contribution >= 4 is 34.1 Å². The van der Waals surface area contributed by atoms with Crippen molar-refractivity contribution in [2.75, 3.05) is 11.5 Å². The molecule has 3 N–H and O–H groups in total. The number of aryl methyl sites for hydroxylation is 2. The fraction of sp³-hybridized carbons (Fsp3) is 0.286. The summed E-state index contributed by atoms with van der Waals surface area (Å²) in [6, 6.07) is 4.82. The van der Waals surface area contributed by atoms with Gasteiger partial charge in [0.2, 0.25) is 5.91 Å². The molecule has 0 radical (unpaired) electrons. The molecule has 0 atom stereocenters. The number of thiazole rings is 1. The second kappa shape index (κ2) is 6.91. The highest BCUT2D eigenvalue weighted by molar-refractivity contribution is 8.01. The molecule has 0 spiro atoms. The minimum Gasteiger partial charge on any atom is -0.375 e. The number of amides is 1. The zero-order valence-corrected chi connectivity index (χ0v) is 13.4. The Labute approximate surface area is 131 Å². The van der Waals surface area contributed by atoms with E-state index in [0.717, 1.165) is 15.5 Å². The van der Waals surface area contributed by atoms with E-state index in [4.69, 9.17) is 5.73 Å². The van der Waals surface area contributed by atoms with Crippen molar-refractivity contribution in [1.29, 1.82) is 0 Å². The number of anilines is 1. The van der Waals surface area contributed by atoms with Crippen molar-refractivity contribution < 1.29 is 9.18 Å². The Morgan fingerprint density at radius 3 is 2.86 bits per heavy atom. The molecule has 0 aliphatic heterocycles. The number of carbonyl (C=O) groups excluding carboxylic acids is 1. The number of nitrogens with one attached hydrogen (secondary N) is 1. The summed E-state index contributed by atoms with van der Waals surface area (Å²) in [6.45, 7) is 3.96. The molecule has 4 nitrogen and oxygen atoms in total. The number of halogens is 1. The Morgan fingerprint density at radius 2 is 2.24 bits per heavy atom. The van der Waals surface area contributed by atoms with Crippen LogP contribution in [0.3, 0.4) is 0 Å². The number of nitrogen functional groups attached to an aromatic ring is 1. The summed E-state index contributed by atoms with van der Waals surface area (Å²) in [6.07, 6.45) is 0. The summed E-state index contributed by atoms with van der Waals surface area (Å²) in [5, 5.41) is 3.32. The molecule has 0 aliphatic rings. The van der Waals surface area contributed by atoms with Crippen molar-refractivity contribution in [3.05, 3.63) is 40.8 Å². The Hall–Kier alpha value is -1.60. The highest BCUT2D eigenvalue weighted by Gasteiger charge is 2.09. The minimum atomic E-state index is -0.237. The van der Waals surface area contributed by atoms with E-state index in [9.17, 15) is 9.18 Å². The number of nitrogens with two attached hydrogens (primary N) is 1. The Morgan fingerprint density at radius 1 is 1.48 bits per heavy atom. The Bertz CT molecular complexity index is 658. The average molecular weight is 325 g/mol. The molecule has 1 aromatic carbocycles. The topological polar surface area (TPSA) is 68.0 Å². The lowest BCUT2D eigenvalue weighted by Gasteiger charge is -2.06. The van der Waals surface area contributed by atoms with E-state index in [1.54, 1.807) is 19.1 Å². The van der Waals surface area contributed by atoms with Crippen molar-refractivity contribution in [2.45, 2.75) is 24.6 Å². The molecular formula is C14H16FN3OS2. The van der Waals surface area contributed by atoms with Crippen molar-refractivity contribution in [1.82, 2.24) is 10.3 Å². The summed E-state index contributed by atoms with van der Waals surface area (Å²) in [7, 11) is 0. The predicted octanol–water partition coefficient (Wildman–Crippen LogP) is 2.89. The van der Waals surface area contributed by atoms with E-state index < -0.39 is 0 Å². The number of nitrogens with zero attached hydrogens (tertiary/aromatic N) is 1. The van der Waals surface area contributed by atoms with Crippen LogP contribution in [0.1, 0.15) is 16.8 Å². The number of hydrogen-bond donors (Lipinski definition) is 2. The summed E-state index contributed by atoms with van der Waals surface area (Å²) in [5.74, 6) is -0.00456. The maximum absolute atomic E-state index is 13.1. The third-order valence-corrected chi connectivity index (χ3v) is 5.17. The Balaban J connectivity index is 1.82. The average Bonchev–Trinajstić information content (AvgIpc) is 2.76.